The lowest BCUT2D eigenvalue weighted by Crippen LogP contribution is -2.28. The number of benzene rings is 1. The molecule has 3 rings (SSSR count). The molecule has 25 heavy (non-hydrogen) atoms. The number of ether oxygens (including phenoxy) is 1. The number of anilines is 4. The maximum Gasteiger partial charge on any atom is 0.228 e. The average molecular weight is 341 g/mol. The van der Waals surface area contributed by atoms with E-state index in [0.29, 0.717) is 24.8 Å². The Balaban J connectivity index is 1.57. The van der Waals surface area contributed by atoms with E-state index in [0.717, 1.165) is 24.2 Å². The highest BCUT2D eigenvalue weighted by molar-refractivity contribution is 5.91. The molecule has 2 heterocycles. The maximum absolute atomic E-state index is 12.2. The highest BCUT2D eigenvalue weighted by atomic mass is 16.5. The third kappa shape index (κ3) is 4.67. The third-order valence-corrected chi connectivity index (χ3v) is 4.16. The van der Waals surface area contributed by atoms with Gasteiger partial charge in [-0.3, -0.25) is 4.79 Å². The number of nitrogens with zero attached hydrogens (tertiary/aromatic N) is 3. The van der Waals surface area contributed by atoms with Gasteiger partial charge in [-0.25, -0.2) is 0 Å². The van der Waals surface area contributed by atoms with Crippen molar-refractivity contribution in [2.24, 2.45) is 5.92 Å². The van der Waals surface area contributed by atoms with Crippen molar-refractivity contribution in [1.82, 2.24) is 10.2 Å². The summed E-state index contributed by atoms with van der Waals surface area (Å²) in [5.74, 6) is 1.06. The van der Waals surface area contributed by atoms with E-state index in [1.165, 1.54) is 0 Å². The number of rotatable bonds is 5. The number of nitrogens with one attached hydrogen (secondary N) is 2. The Morgan fingerprint density at radius 1 is 1.04 bits per heavy atom. The van der Waals surface area contributed by atoms with Gasteiger partial charge in [0.15, 0.2) is 11.6 Å². The molecule has 1 aromatic heterocycles. The van der Waals surface area contributed by atoms with E-state index in [1.807, 2.05) is 43.3 Å². The molecule has 0 radical (unpaired) electrons. The summed E-state index contributed by atoms with van der Waals surface area (Å²) in [5.41, 5.74) is 2.06. The summed E-state index contributed by atoms with van der Waals surface area (Å²) < 4.78 is 5.27. The first-order chi connectivity index (χ1) is 12.1. The monoisotopic (exact) mass is 341 g/mol. The molecule has 0 spiro atoms. The molecule has 2 aromatic rings. The number of hydrogen-bond acceptors (Lipinski definition) is 6. The summed E-state index contributed by atoms with van der Waals surface area (Å²) in [5, 5.41) is 14.2. The summed E-state index contributed by atoms with van der Waals surface area (Å²) in [6.45, 7) is 1.28. The van der Waals surface area contributed by atoms with Crippen LogP contribution in [0.5, 0.6) is 0 Å². The number of aromatic nitrogens is 2. The van der Waals surface area contributed by atoms with Crippen molar-refractivity contribution in [3.05, 3.63) is 36.4 Å². The van der Waals surface area contributed by atoms with Crippen LogP contribution < -0.4 is 15.5 Å². The molecule has 0 aliphatic carbocycles. The zero-order valence-corrected chi connectivity index (χ0v) is 14.5. The Labute approximate surface area is 147 Å². The molecule has 1 saturated heterocycles. The van der Waals surface area contributed by atoms with Crippen LogP contribution in [0.25, 0.3) is 0 Å². The topological polar surface area (TPSA) is 79.4 Å². The van der Waals surface area contributed by atoms with E-state index in [-0.39, 0.29) is 11.8 Å². The Morgan fingerprint density at radius 2 is 1.68 bits per heavy atom. The lowest BCUT2D eigenvalue weighted by Gasteiger charge is -2.20. The van der Waals surface area contributed by atoms with Gasteiger partial charge >= 0.3 is 0 Å². The van der Waals surface area contributed by atoms with Crippen molar-refractivity contribution in [2.45, 2.75) is 12.8 Å². The molecule has 7 heteroatoms. The molecule has 1 aliphatic heterocycles. The fraction of sp³-hybridized carbons (Fsp3) is 0.389. The summed E-state index contributed by atoms with van der Waals surface area (Å²) in [7, 11) is 4.00. The largest absolute Gasteiger partial charge is 0.381 e. The quantitative estimate of drug-likeness (QED) is 0.870. The van der Waals surface area contributed by atoms with Crippen LogP contribution in [0, 0.1) is 5.92 Å². The van der Waals surface area contributed by atoms with Crippen LogP contribution in [0.4, 0.5) is 23.0 Å². The molecule has 0 atom stereocenters. The lowest BCUT2D eigenvalue weighted by atomic mass is 9.99. The number of carbonyl (C=O) groups excluding carboxylic acids is 1. The van der Waals surface area contributed by atoms with Crippen molar-refractivity contribution < 1.29 is 9.53 Å². The van der Waals surface area contributed by atoms with Crippen LogP contribution in [-0.2, 0) is 9.53 Å². The molecule has 0 bridgehead atoms. The van der Waals surface area contributed by atoms with E-state index >= 15 is 0 Å². The second-order valence-corrected chi connectivity index (χ2v) is 6.25. The van der Waals surface area contributed by atoms with Gasteiger partial charge in [-0.2, -0.15) is 0 Å². The van der Waals surface area contributed by atoms with Crippen LogP contribution in [0.2, 0.25) is 0 Å². The van der Waals surface area contributed by atoms with Gasteiger partial charge < -0.3 is 20.3 Å². The van der Waals surface area contributed by atoms with Gasteiger partial charge in [-0.1, -0.05) is 0 Å². The summed E-state index contributed by atoms with van der Waals surface area (Å²) in [6.07, 6.45) is 1.50. The van der Waals surface area contributed by atoms with Crippen molar-refractivity contribution in [2.75, 3.05) is 42.8 Å². The van der Waals surface area contributed by atoms with E-state index in [4.69, 9.17) is 4.74 Å². The second-order valence-electron chi connectivity index (χ2n) is 6.25. The van der Waals surface area contributed by atoms with Gasteiger partial charge in [0.05, 0.1) is 0 Å². The first-order valence-electron chi connectivity index (χ1n) is 8.38. The van der Waals surface area contributed by atoms with Crippen LogP contribution in [0.3, 0.4) is 0 Å². The SMILES string of the molecule is CN(C)c1ccc(Nc2ccc(NC(=O)C3CCOCC3)nn2)cc1. The number of carbonyl (C=O) groups is 1. The lowest BCUT2D eigenvalue weighted by molar-refractivity contribution is -0.122. The fourth-order valence-corrected chi connectivity index (χ4v) is 2.64. The molecule has 1 fully saturated rings. The predicted molar refractivity (Wildman–Crippen MR) is 98.3 cm³/mol. The molecule has 7 nitrogen and oxygen atoms in total. The summed E-state index contributed by atoms with van der Waals surface area (Å²) in [4.78, 5) is 14.2. The van der Waals surface area contributed by atoms with Crippen molar-refractivity contribution in [3.8, 4) is 0 Å². The van der Waals surface area contributed by atoms with E-state index in [9.17, 15) is 4.79 Å². The molecule has 2 N–H and O–H groups in total. The Morgan fingerprint density at radius 3 is 2.28 bits per heavy atom. The van der Waals surface area contributed by atoms with Gasteiger partial charge in [0.1, 0.15) is 0 Å². The molecule has 132 valence electrons. The van der Waals surface area contributed by atoms with Crippen LogP contribution in [-0.4, -0.2) is 43.4 Å². The van der Waals surface area contributed by atoms with Crippen molar-refractivity contribution in [1.29, 1.82) is 0 Å². The fourth-order valence-electron chi connectivity index (χ4n) is 2.64. The standard InChI is InChI=1S/C18H23N5O2/c1-23(2)15-5-3-14(4-6-15)19-16-7-8-17(22-21-16)20-18(24)13-9-11-25-12-10-13/h3-8,13H,9-12H2,1-2H3,(H,19,21)(H,20,22,24). The second kappa shape index (κ2) is 7.94. The minimum atomic E-state index is -0.0161. The first kappa shape index (κ1) is 17.2. The molecule has 0 saturated carbocycles. The van der Waals surface area contributed by atoms with E-state index < -0.39 is 0 Å². The third-order valence-electron chi connectivity index (χ3n) is 4.16. The summed E-state index contributed by atoms with van der Waals surface area (Å²) >= 11 is 0. The smallest absolute Gasteiger partial charge is 0.228 e. The molecule has 1 amide bonds. The molecule has 1 aliphatic rings. The number of hydrogen-bond donors (Lipinski definition) is 2. The first-order valence-corrected chi connectivity index (χ1v) is 8.38. The normalized spacial score (nSPS) is 14.8. The minimum absolute atomic E-state index is 0.0106. The highest BCUT2D eigenvalue weighted by Crippen LogP contribution is 2.20. The maximum atomic E-state index is 12.2. The zero-order chi connectivity index (χ0) is 17.6. The predicted octanol–water partition coefficient (Wildman–Crippen LogP) is 2.65. The van der Waals surface area contributed by atoms with E-state index in [2.05, 4.69) is 20.8 Å². The van der Waals surface area contributed by atoms with Crippen LogP contribution in [0.15, 0.2) is 36.4 Å². The molecular formula is C18H23N5O2. The Kier molecular flexibility index (Phi) is 5.45. The van der Waals surface area contributed by atoms with Crippen LogP contribution >= 0.6 is 0 Å². The average Bonchev–Trinajstić information content (AvgIpc) is 2.64. The van der Waals surface area contributed by atoms with Gasteiger partial charge in [0, 0.05) is 44.6 Å². The van der Waals surface area contributed by atoms with E-state index in [1.54, 1.807) is 12.1 Å². The Hall–Kier alpha value is -2.67. The summed E-state index contributed by atoms with van der Waals surface area (Å²) in [6, 6.07) is 11.6. The molecular weight excluding hydrogens is 318 g/mol. The number of amides is 1. The van der Waals surface area contributed by atoms with Crippen molar-refractivity contribution >= 4 is 28.9 Å². The zero-order valence-electron chi connectivity index (χ0n) is 14.5. The Bertz CT molecular complexity index is 694. The van der Waals surface area contributed by atoms with Crippen LogP contribution in [0.1, 0.15) is 12.8 Å². The molecule has 1 aromatic carbocycles. The highest BCUT2D eigenvalue weighted by Gasteiger charge is 2.21. The molecule has 0 unspecified atom stereocenters. The van der Waals surface area contributed by atoms with Crippen molar-refractivity contribution in [3.63, 3.8) is 0 Å². The van der Waals surface area contributed by atoms with Gasteiger partial charge in [0.2, 0.25) is 5.91 Å². The van der Waals surface area contributed by atoms with Gasteiger partial charge in [-0.05, 0) is 49.2 Å². The van der Waals surface area contributed by atoms with Gasteiger partial charge in [0.25, 0.3) is 0 Å². The van der Waals surface area contributed by atoms with Gasteiger partial charge in [-0.15, -0.1) is 10.2 Å². The minimum Gasteiger partial charge on any atom is -0.381 e.